The Morgan fingerprint density at radius 2 is 1.52 bits per heavy atom. The minimum Gasteiger partial charge on any atom is -0.274 e. The molecule has 0 radical (unpaired) electrons. The molecule has 2 bridgehead atoms. The van der Waals surface area contributed by atoms with Gasteiger partial charge in [-0.05, 0) is 38.1 Å². The van der Waals surface area contributed by atoms with Gasteiger partial charge in [0, 0.05) is 11.8 Å². The van der Waals surface area contributed by atoms with E-state index in [4.69, 9.17) is 5.26 Å². The van der Waals surface area contributed by atoms with E-state index in [1.165, 1.54) is 16.0 Å². The summed E-state index contributed by atoms with van der Waals surface area (Å²) in [4.78, 5) is 27.1. The molecule has 2 fully saturated rings. The average molecular weight is 304 g/mol. The van der Waals surface area contributed by atoms with Crippen LogP contribution in [0.3, 0.4) is 0 Å². The van der Waals surface area contributed by atoms with E-state index in [2.05, 4.69) is 26.0 Å². The minimum absolute atomic E-state index is 0.0647. The summed E-state index contributed by atoms with van der Waals surface area (Å²) in [6.45, 7) is 4.10. The second-order valence-corrected chi connectivity index (χ2v) is 6.61. The molecule has 1 aliphatic heterocycles. The van der Waals surface area contributed by atoms with Crippen LogP contribution in [0.1, 0.15) is 19.4 Å². The number of nitriles is 1. The van der Waals surface area contributed by atoms with Gasteiger partial charge in [-0.1, -0.05) is 23.3 Å². The first-order valence-corrected chi connectivity index (χ1v) is 7.78. The smallest absolute Gasteiger partial charge is 0.238 e. The standard InChI is InChI=1S/C19H16N2O2/c1-10(2)15-13-7-8-14(15)17-16(13)18(22)21(19(17)23)12-5-3-11(9-20)4-6-12/h3-8,13-14,16-17H,1-2H3/t13-,14-,16+,17+/m0/s1. The highest BCUT2D eigenvalue weighted by Crippen LogP contribution is 2.57. The highest BCUT2D eigenvalue weighted by atomic mass is 16.2. The number of hydrogen-bond acceptors (Lipinski definition) is 3. The predicted octanol–water partition coefficient (Wildman–Crippen LogP) is 2.82. The van der Waals surface area contributed by atoms with E-state index in [0.717, 1.165) is 0 Å². The zero-order valence-corrected chi connectivity index (χ0v) is 13.0. The molecule has 1 aromatic carbocycles. The van der Waals surface area contributed by atoms with E-state index in [-0.39, 0.29) is 35.5 Å². The number of allylic oxidation sites excluding steroid dienone is 4. The fourth-order valence-corrected chi connectivity index (χ4v) is 4.37. The molecule has 1 saturated heterocycles. The third-order valence-electron chi connectivity index (χ3n) is 5.25. The number of hydrogen-bond donors (Lipinski definition) is 0. The summed E-state index contributed by atoms with van der Waals surface area (Å²) >= 11 is 0. The third-order valence-corrected chi connectivity index (χ3v) is 5.25. The van der Waals surface area contributed by atoms with Crippen LogP contribution in [0.25, 0.3) is 0 Å². The number of rotatable bonds is 1. The van der Waals surface area contributed by atoms with E-state index in [1.807, 2.05) is 6.07 Å². The lowest BCUT2D eigenvalue weighted by Crippen LogP contribution is -2.33. The number of nitrogens with zero attached hydrogens (tertiary/aromatic N) is 2. The molecule has 0 aromatic heterocycles. The highest BCUT2D eigenvalue weighted by molar-refractivity contribution is 6.23. The van der Waals surface area contributed by atoms with Crippen molar-refractivity contribution in [3.05, 3.63) is 53.1 Å². The molecule has 1 aromatic rings. The molecular weight excluding hydrogens is 288 g/mol. The van der Waals surface area contributed by atoms with Crippen molar-refractivity contribution in [2.24, 2.45) is 23.7 Å². The van der Waals surface area contributed by atoms with E-state index in [1.54, 1.807) is 24.3 Å². The van der Waals surface area contributed by atoms with Gasteiger partial charge in [0.05, 0.1) is 29.2 Å². The van der Waals surface area contributed by atoms with Gasteiger partial charge in [-0.15, -0.1) is 0 Å². The number of benzene rings is 1. The molecule has 0 spiro atoms. The maximum Gasteiger partial charge on any atom is 0.238 e. The number of fused-ring (bicyclic) bond motifs is 5. The lowest BCUT2D eigenvalue weighted by molar-refractivity contribution is -0.122. The summed E-state index contributed by atoms with van der Waals surface area (Å²) in [6.07, 6.45) is 4.17. The Bertz CT molecular complexity index is 788. The van der Waals surface area contributed by atoms with E-state index in [9.17, 15) is 9.59 Å². The van der Waals surface area contributed by atoms with Crippen molar-refractivity contribution < 1.29 is 9.59 Å². The van der Waals surface area contributed by atoms with Crippen molar-refractivity contribution in [3.63, 3.8) is 0 Å². The third kappa shape index (κ3) is 1.71. The van der Waals surface area contributed by atoms with Gasteiger partial charge in [0.2, 0.25) is 11.8 Å². The Labute approximate surface area is 134 Å². The van der Waals surface area contributed by atoms with Crippen molar-refractivity contribution in [2.75, 3.05) is 4.90 Å². The van der Waals surface area contributed by atoms with Gasteiger partial charge in [0.15, 0.2) is 0 Å². The van der Waals surface area contributed by atoms with Gasteiger partial charge >= 0.3 is 0 Å². The highest BCUT2D eigenvalue weighted by Gasteiger charge is 2.61. The molecule has 2 aliphatic carbocycles. The fraction of sp³-hybridized carbons (Fsp3) is 0.316. The molecule has 4 heteroatoms. The maximum atomic E-state index is 12.9. The molecule has 114 valence electrons. The zero-order valence-electron chi connectivity index (χ0n) is 13.0. The molecule has 4 atom stereocenters. The molecule has 1 heterocycles. The van der Waals surface area contributed by atoms with Gasteiger partial charge in [-0.2, -0.15) is 5.26 Å². The molecule has 0 unspecified atom stereocenters. The molecule has 3 aliphatic rings. The SMILES string of the molecule is CC(C)=C1[C@@H]2C=C[C@@H]1[C@H]1C(=O)N(c3ccc(C#N)cc3)C(=O)[C@@H]12. The van der Waals surface area contributed by atoms with Crippen molar-refractivity contribution >= 4 is 17.5 Å². The van der Waals surface area contributed by atoms with Gasteiger partial charge < -0.3 is 0 Å². The first-order valence-electron chi connectivity index (χ1n) is 7.78. The largest absolute Gasteiger partial charge is 0.274 e. The summed E-state index contributed by atoms with van der Waals surface area (Å²) in [5, 5.41) is 8.88. The Hall–Kier alpha value is -2.67. The van der Waals surface area contributed by atoms with Crippen LogP contribution in [0, 0.1) is 35.0 Å². The Balaban J connectivity index is 1.74. The minimum atomic E-state index is -0.266. The number of carbonyl (C=O) groups excluding carboxylic acids is 2. The number of anilines is 1. The molecule has 4 rings (SSSR count). The van der Waals surface area contributed by atoms with Crippen molar-refractivity contribution in [2.45, 2.75) is 13.8 Å². The van der Waals surface area contributed by atoms with Gasteiger partial charge in [-0.25, -0.2) is 4.90 Å². The van der Waals surface area contributed by atoms with Crippen LogP contribution >= 0.6 is 0 Å². The van der Waals surface area contributed by atoms with Crippen molar-refractivity contribution in [1.29, 1.82) is 5.26 Å². The maximum absolute atomic E-state index is 12.9. The monoisotopic (exact) mass is 304 g/mol. The molecule has 23 heavy (non-hydrogen) atoms. The van der Waals surface area contributed by atoms with E-state index >= 15 is 0 Å². The van der Waals surface area contributed by atoms with Gasteiger partial charge in [0.1, 0.15) is 0 Å². The van der Waals surface area contributed by atoms with Crippen LogP contribution in [0.5, 0.6) is 0 Å². The summed E-state index contributed by atoms with van der Waals surface area (Å²) in [7, 11) is 0. The molecule has 1 saturated carbocycles. The lowest BCUT2D eigenvalue weighted by atomic mass is 9.85. The average Bonchev–Trinajstić information content (AvgIpc) is 3.18. The van der Waals surface area contributed by atoms with Gasteiger partial charge in [0.25, 0.3) is 0 Å². The predicted molar refractivity (Wildman–Crippen MR) is 85.1 cm³/mol. The first-order chi connectivity index (χ1) is 11.0. The fourth-order valence-electron chi connectivity index (χ4n) is 4.37. The first kappa shape index (κ1) is 14.0. The van der Waals surface area contributed by atoms with Crippen molar-refractivity contribution in [3.8, 4) is 6.07 Å². The van der Waals surface area contributed by atoms with Crippen molar-refractivity contribution in [1.82, 2.24) is 0 Å². The molecule has 0 N–H and O–H groups in total. The van der Waals surface area contributed by atoms with Crippen LogP contribution in [0.4, 0.5) is 5.69 Å². The number of carbonyl (C=O) groups is 2. The normalized spacial score (nSPS) is 30.8. The number of amides is 2. The second-order valence-electron chi connectivity index (χ2n) is 6.61. The molecular formula is C19H16N2O2. The Morgan fingerprint density at radius 3 is 1.96 bits per heavy atom. The number of imide groups is 1. The van der Waals surface area contributed by atoms with Gasteiger partial charge in [-0.3, -0.25) is 9.59 Å². The summed E-state index contributed by atoms with van der Waals surface area (Å²) < 4.78 is 0. The quantitative estimate of drug-likeness (QED) is 0.592. The van der Waals surface area contributed by atoms with Crippen LogP contribution in [0.2, 0.25) is 0 Å². The topological polar surface area (TPSA) is 61.2 Å². The second kappa shape index (κ2) is 4.66. The molecule has 2 amide bonds. The van der Waals surface area contributed by atoms with Crippen LogP contribution in [-0.2, 0) is 9.59 Å². The van der Waals surface area contributed by atoms with E-state index in [0.29, 0.717) is 11.3 Å². The lowest BCUT2D eigenvalue weighted by Gasteiger charge is -2.19. The molecule has 4 nitrogen and oxygen atoms in total. The van der Waals surface area contributed by atoms with Crippen LogP contribution < -0.4 is 4.90 Å². The Kier molecular flexibility index (Phi) is 2.83. The summed E-state index contributed by atoms with van der Waals surface area (Å²) in [5.41, 5.74) is 3.54. The van der Waals surface area contributed by atoms with Crippen LogP contribution in [-0.4, -0.2) is 11.8 Å². The van der Waals surface area contributed by atoms with E-state index < -0.39 is 0 Å². The summed E-state index contributed by atoms with van der Waals surface area (Å²) in [6, 6.07) is 8.67. The summed E-state index contributed by atoms with van der Waals surface area (Å²) in [5.74, 6) is -0.624. The van der Waals surface area contributed by atoms with Crippen LogP contribution in [0.15, 0.2) is 47.6 Å². The Morgan fingerprint density at radius 1 is 1.00 bits per heavy atom. The zero-order chi connectivity index (χ0) is 16.3.